The summed E-state index contributed by atoms with van der Waals surface area (Å²) in [5, 5.41) is 0. The van der Waals surface area contributed by atoms with E-state index in [1.165, 1.54) is 16.8 Å². The molecule has 11 heteroatoms. The van der Waals surface area contributed by atoms with Gasteiger partial charge in [0, 0.05) is 12.6 Å². The number of ether oxygens (including phenoxy) is 2. The van der Waals surface area contributed by atoms with Crippen LogP contribution in [0.2, 0.25) is 0 Å². The van der Waals surface area contributed by atoms with Gasteiger partial charge in [-0.3, -0.25) is 9.13 Å². The second-order valence-electron chi connectivity index (χ2n) is 4.10. The summed E-state index contributed by atoms with van der Waals surface area (Å²) in [6.45, 7) is 0. The first-order valence-corrected chi connectivity index (χ1v) is 7.31. The molecule has 2 atom stereocenters. The molecule has 1 aromatic heterocycles. The Labute approximate surface area is 114 Å². The van der Waals surface area contributed by atoms with Crippen LogP contribution in [0.15, 0.2) is 17.1 Å². The molecular formula is C9H17N4O6P. The first-order chi connectivity index (χ1) is 8.85. The topological polar surface area (TPSA) is 172 Å². The molecule has 0 amide bonds. The molecule has 2 unspecified atom stereocenters. The molecule has 0 aromatic carbocycles. The van der Waals surface area contributed by atoms with E-state index in [9.17, 15) is 9.36 Å². The van der Waals surface area contributed by atoms with Crippen LogP contribution < -0.4 is 17.6 Å². The van der Waals surface area contributed by atoms with Crippen molar-refractivity contribution in [2.45, 2.75) is 25.4 Å². The first kappa shape index (κ1) is 16.8. The molecular weight excluding hydrogens is 291 g/mol. The van der Waals surface area contributed by atoms with Gasteiger partial charge in [-0.15, -0.1) is 0 Å². The minimum absolute atomic E-state index is 0. The van der Waals surface area contributed by atoms with Crippen molar-refractivity contribution in [3.63, 3.8) is 0 Å². The van der Waals surface area contributed by atoms with Gasteiger partial charge >= 0.3 is 13.3 Å². The molecule has 0 radical (unpaired) electrons. The van der Waals surface area contributed by atoms with Crippen molar-refractivity contribution in [2.75, 3.05) is 12.1 Å². The van der Waals surface area contributed by atoms with E-state index in [1.807, 2.05) is 0 Å². The SMILES string of the molecule is N.Nc1ccn(C2CCC(OCP(=O)(O)O)O2)c(=O)n1. The second-order valence-corrected chi connectivity index (χ2v) is 5.69. The van der Waals surface area contributed by atoms with E-state index in [0.29, 0.717) is 12.8 Å². The molecule has 0 spiro atoms. The minimum Gasteiger partial charge on any atom is -0.383 e. The zero-order valence-corrected chi connectivity index (χ0v) is 11.5. The quantitative estimate of drug-likeness (QED) is 0.548. The van der Waals surface area contributed by atoms with Crippen LogP contribution in [-0.4, -0.2) is 32.0 Å². The third-order valence-electron chi connectivity index (χ3n) is 2.55. The van der Waals surface area contributed by atoms with Crippen molar-refractivity contribution in [3.05, 3.63) is 22.7 Å². The van der Waals surface area contributed by atoms with Crippen LogP contribution in [0.3, 0.4) is 0 Å². The first-order valence-electron chi connectivity index (χ1n) is 5.51. The van der Waals surface area contributed by atoms with Crippen LogP contribution in [0.1, 0.15) is 19.1 Å². The smallest absolute Gasteiger partial charge is 0.351 e. The molecule has 1 aromatic rings. The standard InChI is InChI=1S/C9H14N3O6P.H3N/c10-6-3-4-12(9(13)11-6)7-1-2-8(18-7)17-5-19(14,15)16;/h3-4,7-8H,1-2,5H2,(H2,10,11,13)(H2,14,15,16);1H3. The molecule has 7 N–H and O–H groups in total. The second kappa shape index (κ2) is 6.44. The fourth-order valence-corrected chi connectivity index (χ4v) is 2.10. The predicted molar refractivity (Wildman–Crippen MR) is 69.1 cm³/mol. The Morgan fingerprint density at radius 2 is 2.25 bits per heavy atom. The highest BCUT2D eigenvalue weighted by molar-refractivity contribution is 7.51. The zero-order chi connectivity index (χ0) is 14.0. The number of nitrogens with two attached hydrogens (primary N) is 1. The Kier molecular flexibility index (Phi) is 5.40. The third-order valence-corrected chi connectivity index (χ3v) is 3.03. The Hall–Kier alpha value is -1.29. The Balaban J connectivity index is 0.00000200. The summed E-state index contributed by atoms with van der Waals surface area (Å²) in [7, 11) is -4.23. The lowest BCUT2D eigenvalue weighted by Crippen LogP contribution is -2.27. The van der Waals surface area contributed by atoms with E-state index >= 15 is 0 Å². The van der Waals surface area contributed by atoms with E-state index in [1.54, 1.807) is 0 Å². The van der Waals surface area contributed by atoms with Gasteiger partial charge < -0.3 is 31.1 Å². The van der Waals surface area contributed by atoms with Gasteiger partial charge in [0.1, 0.15) is 12.0 Å². The molecule has 0 saturated carbocycles. The van der Waals surface area contributed by atoms with Gasteiger partial charge in [0.15, 0.2) is 12.6 Å². The maximum Gasteiger partial charge on any atom is 0.351 e. The van der Waals surface area contributed by atoms with Crippen molar-refractivity contribution < 1.29 is 23.8 Å². The molecule has 2 rings (SSSR count). The van der Waals surface area contributed by atoms with Gasteiger partial charge in [-0.2, -0.15) is 4.98 Å². The van der Waals surface area contributed by atoms with Crippen molar-refractivity contribution in [1.29, 1.82) is 0 Å². The molecule has 1 aliphatic heterocycles. The highest BCUT2D eigenvalue weighted by atomic mass is 31.2. The Bertz CT molecular complexity index is 558. The van der Waals surface area contributed by atoms with Gasteiger partial charge in [-0.1, -0.05) is 0 Å². The highest BCUT2D eigenvalue weighted by Gasteiger charge is 2.29. The predicted octanol–water partition coefficient (Wildman–Crippen LogP) is -0.226. The number of rotatable bonds is 4. The summed E-state index contributed by atoms with van der Waals surface area (Å²) >= 11 is 0. The van der Waals surface area contributed by atoms with Crippen LogP contribution in [-0.2, 0) is 14.0 Å². The number of aromatic nitrogens is 2. The van der Waals surface area contributed by atoms with E-state index < -0.39 is 32.2 Å². The average molecular weight is 308 g/mol. The number of anilines is 1. The van der Waals surface area contributed by atoms with E-state index in [-0.39, 0.29) is 12.0 Å². The number of hydrogen-bond donors (Lipinski definition) is 4. The van der Waals surface area contributed by atoms with Gasteiger partial charge in [0.05, 0.1) is 0 Å². The third kappa shape index (κ3) is 4.37. The highest BCUT2D eigenvalue weighted by Crippen LogP contribution is 2.36. The van der Waals surface area contributed by atoms with Crippen LogP contribution in [0.4, 0.5) is 5.82 Å². The zero-order valence-electron chi connectivity index (χ0n) is 10.6. The lowest BCUT2D eigenvalue weighted by Gasteiger charge is -2.16. The summed E-state index contributed by atoms with van der Waals surface area (Å²) in [6, 6.07) is 1.47. The lowest BCUT2D eigenvalue weighted by molar-refractivity contribution is -0.142. The van der Waals surface area contributed by atoms with Crippen molar-refractivity contribution >= 4 is 13.4 Å². The van der Waals surface area contributed by atoms with Crippen LogP contribution in [0.25, 0.3) is 0 Å². The molecule has 10 nitrogen and oxygen atoms in total. The van der Waals surface area contributed by atoms with Crippen molar-refractivity contribution in [2.24, 2.45) is 0 Å². The minimum atomic E-state index is -4.23. The summed E-state index contributed by atoms with van der Waals surface area (Å²) in [5.41, 5.74) is 4.83. The Morgan fingerprint density at radius 1 is 1.55 bits per heavy atom. The number of nitrogens with zero attached hydrogens (tertiary/aromatic N) is 2. The van der Waals surface area contributed by atoms with Crippen molar-refractivity contribution in [3.8, 4) is 0 Å². The summed E-state index contributed by atoms with van der Waals surface area (Å²) in [5.74, 6) is 0.119. The normalized spacial score (nSPS) is 22.5. The molecule has 114 valence electrons. The van der Waals surface area contributed by atoms with E-state index in [2.05, 4.69) is 4.98 Å². The largest absolute Gasteiger partial charge is 0.383 e. The van der Waals surface area contributed by atoms with Crippen LogP contribution >= 0.6 is 7.60 Å². The number of hydrogen-bond acceptors (Lipinski definition) is 7. The molecule has 0 bridgehead atoms. The molecule has 1 fully saturated rings. The van der Waals surface area contributed by atoms with Crippen LogP contribution in [0, 0.1) is 0 Å². The molecule has 1 aliphatic rings. The molecule has 0 aliphatic carbocycles. The maximum atomic E-state index is 11.6. The molecule has 20 heavy (non-hydrogen) atoms. The summed E-state index contributed by atoms with van der Waals surface area (Å²) in [4.78, 5) is 32.5. The number of nitrogen functional groups attached to an aromatic ring is 1. The van der Waals surface area contributed by atoms with Gasteiger partial charge in [0.25, 0.3) is 0 Å². The lowest BCUT2D eigenvalue weighted by atomic mass is 10.3. The molecule has 1 saturated heterocycles. The van der Waals surface area contributed by atoms with E-state index in [0.717, 1.165) is 0 Å². The Morgan fingerprint density at radius 3 is 2.85 bits per heavy atom. The fourth-order valence-electron chi connectivity index (χ4n) is 1.74. The van der Waals surface area contributed by atoms with Gasteiger partial charge in [0.2, 0.25) is 0 Å². The fraction of sp³-hybridized carbons (Fsp3) is 0.556. The summed E-state index contributed by atoms with van der Waals surface area (Å²) in [6.07, 6.45) is 0.350. The summed E-state index contributed by atoms with van der Waals surface area (Å²) < 4.78 is 22.2. The van der Waals surface area contributed by atoms with Crippen molar-refractivity contribution in [1.82, 2.24) is 15.7 Å². The van der Waals surface area contributed by atoms with Gasteiger partial charge in [-0.05, 0) is 12.5 Å². The van der Waals surface area contributed by atoms with E-state index in [4.69, 9.17) is 25.0 Å². The molecule has 2 heterocycles. The van der Waals surface area contributed by atoms with Crippen LogP contribution in [0.5, 0.6) is 0 Å². The van der Waals surface area contributed by atoms with Gasteiger partial charge in [-0.25, -0.2) is 4.79 Å². The average Bonchev–Trinajstić information content (AvgIpc) is 2.74. The maximum absolute atomic E-state index is 11.6. The monoisotopic (exact) mass is 308 g/mol.